The van der Waals surface area contributed by atoms with Crippen molar-refractivity contribution in [1.82, 2.24) is 5.32 Å². The zero-order valence-corrected chi connectivity index (χ0v) is 16.2. The molecular weight excluding hydrogens is 405 g/mol. The van der Waals surface area contributed by atoms with Crippen LogP contribution in [-0.2, 0) is 6.54 Å². The van der Waals surface area contributed by atoms with Crippen LogP contribution in [-0.4, -0.2) is 13.7 Å². The van der Waals surface area contributed by atoms with E-state index in [2.05, 4.69) is 50.2 Å². The average molecular weight is 430 g/mol. The molecule has 0 unspecified atom stereocenters. The molecule has 5 heteroatoms. The third-order valence-corrected chi connectivity index (χ3v) is 4.11. The molecule has 0 spiro atoms. The van der Waals surface area contributed by atoms with Crippen molar-refractivity contribution in [1.29, 1.82) is 0 Å². The fraction of sp³-hybridized carbons (Fsp3) is 0.600. The van der Waals surface area contributed by atoms with E-state index in [4.69, 9.17) is 4.74 Å². The molecule has 0 aliphatic heterocycles. The van der Waals surface area contributed by atoms with Crippen LogP contribution in [0.3, 0.4) is 0 Å². The topological polar surface area (TPSA) is 21.3 Å². The molecule has 0 radical (unpaired) electrons. The highest BCUT2D eigenvalue weighted by molar-refractivity contribution is 9.11. The molecule has 0 aromatic heterocycles. The number of hydrogen-bond donors (Lipinski definition) is 1. The third kappa shape index (κ3) is 7.30. The molecule has 0 atom stereocenters. The van der Waals surface area contributed by atoms with Crippen molar-refractivity contribution in [3.63, 3.8) is 0 Å². The summed E-state index contributed by atoms with van der Waals surface area (Å²) in [6.07, 6.45) is 6.57. The second kappa shape index (κ2) is 11.8. The van der Waals surface area contributed by atoms with Crippen LogP contribution in [0.15, 0.2) is 21.1 Å². The zero-order chi connectivity index (χ0) is 14.1. The molecular formula is C15H24Br2ClNO. The summed E-state index contributed by atoms with van der Waals surface area (Å²) in [6, 6.07) is 4.11. The maximum absolute atomic E-state index is 5.43. The lowest BCUT2D eigenvalue weighted by Crippen LogP contribution is -2.15. The summed E-state index contributed by atoms with van der Waals surface area (Å²) >= 11 is 7.04. The Balaban J connectivity index is 0.00000361. The van der Waals surface area contributed by atoms with E-state index in [9.17, 15) is 0 Å². The van der Waals surface area contributed by atoms with Crippen molar-refractivity contribution in [2.24, 2.45) is 0 Å². The maximum atomic E-state index is 5.43. The van der Waals surface area contributed by atoms with E-state index in [-0.39, 0.29) is 12.4 Å². The molecule has 1 rings (SSSR count). The standard InChI is InChI=1S/C15H23Br2NO.ClH/c1-3-4-5-6-7-8-18-11-12-9-13(16)10-14(17)15(12)19-2;/h9-10,18H,3-8,11H2,1-2H3;1H. The second-order valence-electron chi connectivity index (χ2n) is 4.67. The first kappa shape index (κ1) is 20.2. The minimum Gasteiger partial charge on any atom is -0.495 e. The first-order valence-corrected chi connectivity index (χ1v) is 8.50. The number of halogens is 3. The number of benzene rings is 1. The highest BCUT2D eigenvalue weighted by Gasteiger charge is 2.08. The molecule has 0 amide bonds. The molecule has 1 aromatic carbocycles. The SMILES string of the molecule is CCCCCCCNCc1cc(Br)cc(Br)c1OC.Cl. The summed E-state index contributed by atoms with van der Waals surface area (Å²) in [6.45, 7) is 4.15. The number of unbranched alkanes of at least 4 members (excludes halogenated alkanes) is 4. The molecule has 0 saturated heterocycles. The highest BCUT2D eigenvalue weighted by atomic mass is 79.9. The third-order valence-electron chi connectivity index (χ3n) is 3.06. The van der Waals surface area contributed by atoms with Crippen molar-refractivity contribution in [2.75, 3.05) is 13.7 Å². The summed E-state index contributed by atoms with van der Waals surface area (Å²) in [5.74, 6) is 0.918. The Morgan fingerprint density at radius 2 is 1.80 bits per heavy atom. The monoisotopic (exact) mass is 427 g/mol. The molecule has 0 saturated carbocycles. The van der Waals surface area contributed by atoms with Gasteiger partial charge in [-0.25, -0.2) is 0 Å². The zero-order valence-electron chi connectivity index (χ0n) is 12.2. The normalized spacial score (nSPS) is 10.2. The van der Waals surface area contributed by atoms with Crippen molar-refractivity contribution in [3.05, 3.63) is 26.6 Å². The van der Waals surface area contributed by atoms with Crippen LogP contribution in [0, 0.1) is 0 Å². The van der Waals surface area contributed by atoms with Gasteiger partial charge < -0.3 is 10.1 Å². The fourth-order valence-electron chi connectivity index (χ4n) is 2.05. The van der Waals surface area contributed by atoms with Crippen LogP contribution in [0.5, 0.6) is 5.75 Å². The smallest absolute Gasteiger partial charge is 0.137 e. The Kier molecular flexibility index (Phi) is 12.0. The summed E-state index contributed by atoms with van der Waals surface area (Å²) < 4.78 is 7.49. The van der Waals surface area contributed by atoms with E-state index in [0.29, 0.717) is 0 Å². The maximum Gasteiger partial charge on any atom is 0.137 e. The summed E-state index contributed by atoms with van der Waals surface area (Å²) in [5, 5.41) is 3.49. The molecule has 0 aliphatic carbocycles. The molecule has 1 N–H and O–H groups in total. The van der Waals surface area contributed by atoms with E-state index < -0.39 is 0 Å². The van der Waals surface area contributed by atoms with Gasteiger partial charge in [0.15, 0.2) is 0 Å². The fourth-order valence-corrected chi connectivity index (χ4v) is 3.53. The van der Waals surface area contributed by atoms with Gasteiger partial charge in [0.25, 0.3) is 0 Å². The summed E-state index contributed by atoms with van der Waals surface area (Å²) in [7, 11) is 1.71. The average Bonchev–Trinajstić information content (AvgIpc) is 2.37. The Hall–Kier alpha value is 0.230. The minimum absolute atomic E-state index is 0. The van der Waals surface area contributed by atoms with Crippen LogP contribution >= 0.6 is 44.3 Å². The number of ether oxygens (including phenoxy) is 1. The lowest BCUT2D eigenvalue weighted by Gasteiger charge is -2.12. The largest absolute Gasteiger partial charge is 0.495 e. The Morgan fingerprint density at radius 1 is 1.10 bits per heavy atom. The van der Waals surface area contributed by atoms with Gasteiger partial charge in [-0.3, -0.25) is 0 Å². The van der Waals surface area contributed by atoms with E-state index in [1.807, 2.05) is 6.07 Å². The molecule has 116 valence electrons. The van der Waals surface area contributed by atoms with Crippen LogP contribution in [0.1, 0.15) is 44.6 Å². The first-order valence-electron chi connectivity index (χ1n) is 6.91. The van der Waals surface area contributed by atoms with Crippen molar-refractivity contribution < 1.29 is 4.74 Å². The number of nitrogens with one attached hydrogen (secondary N) is 1. The predicted octanol–water partition coefficient (Wildman–Crippen LogP) is 5.70. The van der Waals surface area contributed by atoms with Gasteiger partial charge in [-0.1, -0.05) is 48.5 Å². The summed E-state index contributed by atoms with van der Waals surface area (Å²) in [4.78, 5) is 0. The first-order chi connectivity index (χ1) is 9.19. The van der Waals surface area contributed by atoms with Crippen LogP contribution < -0.4 is 10.1 Å². The van der Waals surface area contributed by atoms with Crippen molar-refractivity contribution in [3.8, 4) is 5.75 Å². The molecule has 20 heavy (non-hydrogen) atoms. The minimum atomic E-state index is 0. The lowest BCUT2D eigenvalue weighted by atomic mass is 10.1. The lowest BCUT2D eigenvalue weighted by molar-refractivity contribution is 0.404. The van der Waals surface area contributed by atoms with Gasteiger partial charge in [0.05, 0.1) is 11.6 Å². The van der Waals surface area contributed by atoms with Crippen LogP contribution in [0.25, 0.3) is 0 Å². The van der Waals surface area contributed by atoms with Gasteiger partial charge in [-0.15, -0.1) is 12.4 Å². The highest BCUT2D eigenvalue weighted by Crippen LogP contribution is 2.32. The van der Waals surface area contributed by atoms with Crippen LogP contribution in [0.4, 0.5) is 0 Å². The van der Waals surface area contributed by atoms with E-state index in [1.165, 1.54) is 37.7 Å². The Labute approximate surface area is 145 Å². The second-order valence-corrected chi connectivity index (χ2v) is 6.44. The summed E-state index contributed by atoms with van der Waals surface area (Å²) in [5.41, 5.74) is 1.18. The van der Waals surface area contributed by atoms with Gasteiger partial charge in [0.1, 0.15) is 5.75 Å². The van der Waals surface area contributed by atoms with Crippen molar-refractivity contribution >= 4 is 44.3 Å². The molecule has 0 aliphatic rings. The van der Waals surface area contributed by atoms with Gasteiger partial charge in [0.2, 0.25) is 0 Å². The van der Waals surface area contributed by atoms with Gasteiger partial charge in [0, 0.05) is 16.6 Å². The van der Waals surface area contributed by atoms with Crippen LogP contribution in [0.2, 0.25) is 0 Å². The van der Waals surface area contributed by atoms with Crippen molar-refractivity contribution in [2.45, 2.75) is 45.6 Å². The van der Waals surface area contributed by atoms with Gasteiger partial charge >= 0.3 is 0 Å². The van der Waals surface area contributed by atoms with Gasteiger partial charge in [-0.05, 0) is 41.0 Å². The molecule has 0 heterocycles. The molecule has 0 fully saturated rings. The molecule has 2 nitrogen and oxygen atoms in total. The van der Waals surface area contributed by atoms with E-state index >= 15 is 0 Å². The van der Waals surface area contributed by atoms with Gasteiger partial charge in [-0.2, -0.15) is 0 Å². The Morgan fingerprint density at radius 3 is 2.45 bits per heavy atom. The molecule has 0 bridgehead atoms. The number of methoxy groups -OCH3 is 1. The van der Waals surface area contributed by atoms with E-state index in [1.54, 1.807) is 7.11 Å². The quantitative estimate of drug-likeness (QED) is 0.508. The van der Waals surface area contributed by atoms with E-state index in [0.717, 1.165) is 27.8 Å². The number of rotatable bonds is 9. The predicted molar refractivity (Wildman–Crippen MR) is 96.1 cm³/mol. The Bertz CT molecular complexity index is 388. The number of hydrogen-bond acceptors (Lipinski definition) is 2. The molecule has 1 aromatic rings.